The zero-order valence-electron chi connectivity index (χ0n) is 12.5. The van der Waals surface area contributed by atoms with Crippen molar-refractivity contribution in [3.05, 3.63) is 29.6 Å². The fraction of sp³-hybridized carbons (Fsp3) is 0.647. The molecule has 2 heteroatoms. The first kappa shape index (κ1) is 15.9. The number of carbonyl (C=O) groups is 1. The van der Waals surface area contributed by atoms with E-state index in [0.717, 1.165) is 12.1 Å². The van der Waals surface area contributed by atoms with Gasteiger partial charge in [0.25, 0.3) is 0 Å². The van der Waals surface area contributed by atoms with E-state index in [1.165, 1.54) is 44.9 Å². The molecule has 19 heavy (non-hydrogen) atoms. The number of Topliss-reactive ketones (excluding diaryl/α,β-unsaturated/α-hetero) is 1. The maximum absolute atomic E-state index is 11.9. The van der Waals surface area contributed by atoms with E-state index in [9.17, 15) is 4.79 Å². The van der Waals surface area contributed by atoms with Crippen LogP contribution >= 0.6 is 0 Å². The van der Waals surface area contributed by atoms with Crippen LogP contribution in [0.15, 0.2) is 18.2 Å². The van der Waals surface area contributed by atoms with Gasteiger partial charge in [-0.2, -0.15) is 0 Å². The van der Waals surface area contributed by atoms with Crippen LogP contribution in [0.4, 0.5) is 0 Å². The minimum Gasteiger partial charge on any atom is -0.292 e. The van der Waals surface area contributed by atoms with E-state index in [0.29, 0.717) is 12.1 Å². The molecule has 2 nitrogen and oxygen atoms in total. The summed E-state index contributed by atoms with van der Waals surface area (Å²) in [5.41, 5.74) is 1.55. The van der Waals surface area contributed by atoms with E-state index in [4.69, 9.17) is 0 Å². The van der Waals surface area contributed by atoms with Crippen LogP contribution in [0.25, 0.3) is 0 Å². The highest BCUT2D eigenvalue weighted by atomic mass is 16.1. The Morgan fingerprint density at radius 3 is 2.26 bits per heavy atom. The standard InChI is InChI=1S/C17H27NO/c1-3-4-5-6-7-8-9-10-14-17(19)16-13-11-12-15(2)18-16/h11-13H,3-10,14H2,1-2H3. The summed E-state index contributed by atoms with van der Waals surface area (Å²) in [4.78, 5) is 16.2. The Morgan fingerprint density at radius 1 is 1.00 bits per heavy atom. The SMILES string of the molecule is CCCCCCCCCCC(=O)c1cccc(C)n1. The van der Waals surface area contributed by atoms with Gasteiger partial charge in [-0.1, -0.05) is 57.9 Å². The molecule has 0 N–H and O–H groups in total. The molecule has 1 heterocycles. The number of aryl methyl sites for hydroxylation is 1. The van der Waals surface area contributed by atoms with Crippen molar-refractivity contribution in [2.45, 2.75) is 71.6 Å². The summed E-state index contributed by atoms with van der Waals surface area (Å²) >= 11 is 0. The van der Waals surface area contributed by atoms with Gasteiger partial charge in [0, 0.05) is 12.1 Å². The number of ketones is 1. The Hall–Kier alpha value is -1.18. The van der Waals surface area contributed by atoms with Crippen LogP contribution in [0.3, 0.4) is 0 Å². The van der Waals surface area contributed by atoms with E-state index >= 15 is 0 Å². The van der Waals surface area contributed by atoms with E-state index in [1.807, 2.05) is 25.1 Å². The second-order valence-electron chi connectivity index (χ2n) is 5.31. The van der Waals surface area contributed by atoms with E-state index in [-0.39, 0.29) is 5.78 Å². The van der Waals surface area contributed by atoms with Crippen molar-refractivity contribution in [3.8, 4) is 0 Å². The zero-order valence-corrected chi connectivity index (χ0v) is 12.5. The van der Waals surface area contributed by atoms with Gasteiger partial charge in [-0.15, -0.1) is 0 Å². The molecule has 0 saturated heterocycles. The van der Waals surface area contributed by atoms with Crippen molar-refractivity contribution in [2.24, 2.45) is 0 Å². The van der Waals surface area contributed by atoms with E-state index in [1.54, 1.807) is 0 Å². The molecule has 0 aliphatic heterocycles. The Balaban J connectivity index is 2.08. The van der Waals surface area contributed by atoms with Gasteiger partial charge in [0.15, 0.2) is 5.78 Å². The lowest BCUT2D eigenvalue weighted by molar-refractivity contribution is 0.0974. The maximum Gasteiger partial charge on any atom is 0.181 e. The van der Waals surface area contributed by atoms with Crippen molar-refractivity contribution in [3.63, 3.8) is 0 Å². The average molecular weight is 261 g/mol. The van der Waals surface area contributed by atoms with Gasteiger partial charge < -0.3 is 0 Å². The largest absolute Gasteiger partial charge is 0.292 e. The van der Waals surface area contributed by atoms with Crippen LogP contribution in [0.2, 0.25) is 0 Å². The molecule has 0 radical (unpaired) electrons. The minimum absolute atomic E-state index is 0.190. The number of hydrogen-bond donors (Lipinski definition) is 0. The monoisotopic (exact) mass is 261 g/mol. The van der Waals surface area contributed by atoms with E-state index < -0.39 is 0 Å². The van der Waals surface area contributed by atoms with Crippen LogP contribution in [-0.2, 0) is 0 Å². The normalized spacial score (nSPS) is 10.6. The van der Waals surface area contributed by atoms with Gasteiger partial charge in [-0.25, -0.2) is 0 Å². The molecule has 1 aromatic heterocycles. The molecule has 0 aromatic carbocycles. The number of carbonyl (C=O) groups excluding carboxylic acids is 1. The number of aromatic nitrogens is 1. The molecule has 0 atom stereocenters. The van der Waals surface area contributed by atoms with Crippen LogP contribution < -0.4 is 0 Å². The van der Waals surface area contributed by atoms with Gasteiger partial charge in [0.05, 0.1) is 0 Å². The lowest BCUT2D eigenvalue weighted by Crippen LogP contribution is -2.02. The topological polar surface area (TPSA) is 30.0 Å². The average Bonchev–Trinajstić information content (AvgIpc) is 2.41. The third-order valence-electron chi connectivity index (χ3n) is 3.43. The van der Waals surface area contributed by atoms with Crippen LogP contribution in [0, 0.1) is 6.92 Å². The Labute approximate surface area is 117 Å². The zero-order chi connectivity index (χ0) is 13.9. The summed E-state index contributed by atoms with van der Waals surface area (Å²) in [7, 11) is 0. The Kier molecular flexibility index (Phi) is 8.11. The van der Waals surface area contributed by atoms with Gasteiger partial charge in [-0.3, -0.25) is 9.78 Å². The van der Waals surface area contributed by atoms with E-state index in [2.05, 4.69) is 11.9 Å². The summed E-state index contributed by atoms with van der Waals surface area (Å²) in [5.74, 6) is 0.190. The van der Waals surface area contributed by atoms with Gasteiger partial charge >= 0.3 is 0 Å². The first-order valence-electron chi connectivity index (χ1n) is 7.71. The molecule has 0 aliphatic carbocycles. The first-order valence-corrected chi connectivity index (χ1v) is 7.71. The summed E-state index contributed by atoms with van der Waals surface area (Å²) in [5, 5.41) is 0. The molecular formula is C17H27NO. The van der Waals surface area contributed by atoms with Gasteiger partial charge in [0.1, 0.15) is 5.69 Å². The molecule has 0 aliphatic rings. The number of unbranched alkanes of at least 4 members (excludes halogenated alkanes) is 7. The predicted molar refractivity (Wildman–Crippen MR) is 80.5 cm³/mol. The van der Waals surface area contributed by atoms with Crippen molar-refractivity contribution in [2.75, 3.05) is 0 Å². The third-order valence-corrected chi connectivity index (χ3v) is 3.43. The molecule has 0 amide bonds. The predicted octanol–water partition coefficient (Wildman–Crippen LogP) is 5.10. The first-order chi connectivity index (χ1) is 9.24. The highest BCUT2D eigenvalue weighted by Gasteiger charge is 2.06. The molecule has 0 spiro atoms. The highest BCUT2D eigenvalue weighted by Crippen LogP contribution is 2.11. The molecular weight excluding hydrogens is 234 g/mol. The molecule has 0 fully saturated rings. The summed E-state index contributed by atoms with van der Waals surface area (Å²) in [6.07, 6.45) is 10.8. The van der Waals surface area contributed by atoms with Crippen molar-refractivity contribution >= 4 is 5.78 Å². The molecule has 1 aromatic rings. The summed E-state index contributed by atoms with van der Waals surface area (Å²) in [6, 6.07) is 5.65. The molecule has 0 unspecified atom stereocenters. The van der Waals surface area contributed by atoms with Gasteiger partial charge in [-0.05, 0) is 25.5 Å². The molecule has 0 saturated carbocycles. The van der Waals surface area contributed by atoms with Crippen LogP contribution in [0.5, 0.6) is 0 Å². The second kappa shape index (κ2) is 9.71. The lowest BCUT2D eigenvalue weighted by Gasteiger charge is -2.02. The number of rotatable bonds is 10. The van der Waals surface area contributed by atoms with Crippen LogP contribution in [-0.4, -0.2) is 10.8 Å². The summed E-state index contributed by atoms with van der Waals surface area (Å²) < 4.78 is 0. The molecule has 0 bridgehead atoms. The number of nitrogens with zero attached hydrogens (tertiary/aromatic N) is 1. The maximum atomic E-state index is 11.9. The Bertz CT molecular complexity index is 373. The fourth-order valence-electron chi connectivity index (χ4n) is 2.25. The number of hydrogen-bond acceptors (Lipinski definition) is 2. The smallest absolute Gasteiger partial charge is 0.181 e. The van der Waals surface area contributed by atoms with Crippen molar-refractivity contribution in [1.29, 1.82) is 0 Å². The van der Waals surface area contributed by atoms with Gasteiger partial charge in [0.2, 0.25) is 0 Å². The molecule has 1 rings (SSSR count). The second-order valence-corrected chi connectivity index (χ2v) is 5.31. The highest BCUT2D eigenvalue weighted by molar-refractivity contribution is 5.94. The van der Waals surface area contributed by atoms with Crippen molar-refractivity contribution < 1.29 is 4.79 Å². The lowest BCUT2D eigenvalue weighted by atomic mass is 10.0. The quantitative estimate of drug-likeness (QED) is 0.433. The third kappa shape index (κ3) is 7.09. The number of pyridine rings is 1. The van der Waals surface area contributed by atoms with Crippen LogP contribution in [0.1, 0.15) is 80.9 Å². The fourth-order valence-corrected chi connectivity index (χ4v) is 2.25. The minimum atomic E-state index is 0.190. The van der Waals surface area contributed by atoms with Crippen molar-refractivity contribution in [1.82, 2.24) is 4.98 Å². The Morgan fingerprint density at radius 2 is 1.63 bits per heavy atom. The molecule has 106 valence electrons. The summed E-state index contributed by atoms with van der Waals surface area (Å²) in [6.45, 7) is 4.16.